The number of aryl methyl sites for hydroxylation is 1. The fraction of sp³-hybridized carbons (Fsp3) is 0.222. The van der Waals surface area contributed by atoms with Crippen molar-refractivity contribution in [2.45, 2.75) is 23.9 Å². The van der Waals surface area contributed by atoms with Crippen LogP contribution in [0.3, 0.4) is 0 Å². The van der Waals surface area contributed by atoms with Crippen LogP contribution >= 0.6 is 34.4 Å². The number of para-hydroxylation sites is 2. The van der Waals surface area contributed by atoms with Gasteiger partial charge in [0.1, 0.15) is 5.75 Å². The number of anilines is 2. The van der Waals surface area contributed by atoms with Crippen LogP contribution in [0.1, 0.15) is 18.3 Å². The van der Waals surface area contributed by atoms with Crippen molar-refractivity contribution in [1.29, 1.82) is 0 Å². The molecule has 0 amide bonds. The van der Waals surface area contributed by atoms with E-state index < -0.39 is 0 Å². The number of fused-ring (bicyclic) bond motifs is 1. The highest BCUT2D eigenvalue weighted by molar-refractivity contribution is 8.00. The molecular formula is C18H17N5O2S3. The topological polar surface area (TPSA) is 81.4 Å². The minimum absolute atomic E-state index is 0.0495. The molecule has 0 aliphatic heterocycles. The zero-order chi connectivity index (χ0) is 19.5. The number of thioether (sulfide) groups is 1. The Hall–Kier alpha value is -2.43. The third-order valence-electron chi connectivity index (χ3n) is 3.81. The van der Waals surface area contributed by atoms with Crippen molar-refractivity contribution in [3.05, 3.63) is 57.5 Å². The van der Waals surface area contributed by atoms with Gasteiger partial charge in [0.15, 0.2) is 9.30 Å². The maximum Gasteiger partial charge on any atom is 0.258 e. The van der Waals surface area contributed by atoms with Gasteiger partial charge in [0.2, 0.25) is 5.13 Å². The van der Waals surface area contributed by atoms with Gasteiger partial charge in [-0.05, 0) is 26.0 Å². The number of aromatic nitrogens is 4. The third-order valence-corrected chi connectivity index (χ3v) is 6.76. The molecule has 0 bridgehead atoms. The summed E-state index contributed by atoms with van der Waals surface area (Å²) in [6.07, 6.45) is 0. The minimum atomic E-state index is -0.0495. The second-order valence-electron chi connectivity index (χ2n) is 5.80. The first kappa shape index (κ1) is 18.9. The predicted octanol–water partition coefficient (Wildman–Crippen LogP) is 4.35. The summed E-state index contributed by atoms with van der Waals surface area (Å²) >= 11 is 4.43. The van der Waals surface area contributed by atoms with Crippen LogP contribution in [0.25, 0.3) is 4.96 Å². The van der Waals surface area contributed by atoms with E-state index in [0.717, 1.165) is 27.2 Å². The number of benzene rings is 1. The summed E-state index contributed by atoms with van der Waals surface area (Å²) in [5.74, 6) is 1.34. The van der Waals surface area contributed by atoms with Crippen LogP contribution in [0.4, 0.5) is 10.8 Å². The predicted molar refractivity (Wildman–Crippen MR) is 114 cm³/mol. The lowest BCUT2D eigenvalue weighted by Gasteiger charge is -2.09. The Morgan fingerprint density at radius 3 is 3.00 bits per heavy atom. The van der Waals surface area contributed by atoms with E-state index in [4.69, 9.17) is 4.74 Å². The summed E-state index contributed by atoms with van der Waals surface area (Å²) < 4.78 is 8.05. The van der Waals surface area contributed by atoms with E-state index in [9.17, 15) is 4.79 Å². The lowest BCUT2D eigenvalue weighted by Crippen LogP contribution is -2.14. The molecule has 0 radical (unpaired) electrons. The summed E-state index contributed by atoms with van der Waals surface area (Å²) in [5.41, 5.74) is 2.45. The van der Waals surface area contributed by atoms with Gasteiger partial charge in [-0.15, -0.1) is 21.5 Å². The van der Waals surface area contributed by atoms with E-state index in [0.29, 0.717) is 22.5 Å². The van der Waals surface area contributed by atoms with Crippen LogP contribution < -0.4 is 15.6 Å². The number of nitrogens with one attached hydrogen (secondary N) is 1. The van der Waals surface area contributed by atoms with Gasteiger partial charge >= 0.3 is 0 Å². The second kappa shape index (κ2) is 8.29. The largest absolute Gasteiger partial charge is 0.492 e. The highest BCUT2D eigenvalue weighted by Crippen LogP contribution is 2.32. The molecule has 1 N–H and O–H groups in total. The highest BCUT2D eigenvalue weighted by Gasteiger charge is 2.11. The molecule has 0 unspecified atom stereocenters. The molecule has 1 aromatic carbocycles. The van der Waals surface area contributed by atoms with Crippen molar-refractivity contribution < 1.29 is 4.74 Å². The van der Waals surface area contributed by atoms with Crippen molar-refractivity contribution in [3.8, 4) is 5.75 Å². The molecule has 3 aromatic heterocycles. The summed E-state index contributed by atoms with van der Waals surface area (Å²) in [7, 11) is 0. The Morgan fingerprint density at radius 2 is 2.14 bits per heavy atom. The summed E-state index contributed by atoms with van der Waals surface area (Å²) in [4.78, 5) is 17.5. The smallest absolute Gasteiger partial charge is 0.258 e. The number of rotatable bonds is 7. The summed E-state index contributed by atoms with van der Waals surface area (Å²) in [6, 6.07) is 9.30. The van der Waals surface area contributed by atoms with E-state index in [1.807, 2.05) is 43.5 Å². The Bertz CT molecular complexity index is 1170. The minimum Gasteiger partial charge on any atom is -0.492 e. The summed E-state index contributed by atoms with van der Waals surface area (Å²) in [5, 5.41) is 14.3. The van der Waals surface area contributed by atoms with Gasteiger partial charge in [-0.25, -0.2) is 4.98 Å². The first-order valence-electron chi connectivity index (χ1n) is 8.56. The fourth-order valence-electron chi connectivity index (χ4n) is 2.60. The number of ether oxygens (including phenoxy) is 1. The van der Waals surface area contributed by atoms with Gasteiger partial charge < -0.3 is 10.1 Å². The zero-order valence-electron chi connectivity index (χ0n) is 15.2. The molecule has 10 heteroatoms. The maximum atomic E-state index is 12.3. The number of thiazole rings is 1. The van der Waals surface area contributed by atoms with Crippen molar-refractivity contribution >= 4 is 50.2 Å². The number of hydrogen-bond donors (Lipinski definition) is 1. The third kappa shape index (κ3) is 4.03. The average Bonchev–Trinajstić information content (AvgIpc) is 3.29. The molecule has 0 aliphatic rings. The van der Waals surface area contributed by atoms with Gasteiger partial charge in [-0.1, -0.05) is 35.2 Å². The lowest BCUT2D eigenvalue weighted by molar-refractivity contribution is 0.342. The van der Waals surface area contributed by atoms with Gasteiger partial charge in [0.05, 0.1) is 18.0 Å². The van der Waals surface area contributed by atoms with Gasteiger partial charge in [-0.2, -0.15) is 0 Å². The van der Waals surface area contributed by atoms with Crippen LogP contribution in [-0.4, -0.2) is 26.2 Å². The Labute approximate surface area is 173 Å². The average molecular weight is 432 g/mol. The van der Waals surface area contributed by atoms with Crippen LogP contribution in [0.2, 0.25) is 0 Å². The Kier molecular flexibility index (Phi) is 5.60. The standard InChI is InChI=1S/C18H17N5O2S3/c1-3-25-14-7-5-4-6-13(14)20-16-21-22-18(28-16)27-10-12-8-15(24)23-11(2)9-26-17(23)19-12/h4-9H,3,10H2,1-2H3,(H,20,21). The molecule has 0 spiro atoms. The Morgan fingerprint density at radius 1 is 1.29 bits per heavy atom. The normalized spacial score (nSPS) is 11.1. The molecule has 0 fully saturated rings. The number of hydrogen-bond acceptors (Lipinski definition) is 9. The fourth-order valence-corrected chi connectivity index (χ4v) is 5.14. The summed E-state index contributed by atoms with van der Waals surface area (Å²) in [6.45, 7) is 4.45. The van der Waals surface area contributed by atoms with Crippen LogP contribution in [-0.2, 0) is 5.75 Å². The maximum absolute atomic E-state index is 12.3. The van der Waals surface area contributed by atoms with Crippen molar-refractivity contribution in [2.75, 3.05) is 11.9 Å². The molecule has 0 atom stereocenters. The molecule has 3 heterocycles. The molecule has 0 saturated carbocycles. The second-order valence-corrected chi connectivity index (χ2v) is 8.83. The van der Waals surface area contributed by atoms with E-state index in [1.165, 1.54) is 34.4 Å². The van der Waals surface area contributed by atoms with Gasteiger partial charge in [-0.3, -0.25) is 9.20 Å². The van der Waals surface area contributed by atoms with E-state index >= 15 is 0 Å². The van der Waals surface area contributed by atoms with Gasteiger partial charge in [0, 0.05) is 22.9 Å². The lowest BCUT2D eigenvalue weighted by atomic mass is 10.3. The van der Waals surface area contributed by atoms with Crippen molar-refractivity contribution in [2.24, 2.45) is 0 Å². The quantitative estimate of drug-likeness (QED) is 0.436. The van der Waals surface area contributed by atoms with Crippen molar-refractivity contribution in [1.82, 2.24) is 19.6 Å². The van der Waals surface area contributed by atoms with E-state index in [1.54, 1.807) is 10.5 Å². The Balaban J connectivity index is 1.45. The SMILES string of the molecule is CCOc1ccccc1Nc1nnc(SCc2cc(=O)n3c(C)csc3n2)s1. The van der Waals surface area contributed by atoms with Crippen LogP contribution in [0, 0.1) is 6.92 Å². The van der Waals surface area contributed by atoms with E-state index in [-0.39, 0.29) is 5.56 Å². The molecule has 4 aromatic rings. The first-order valence-corrected chi connectivity index (χ1v) is 11.2. The molecule has 7 nitrogen and oxygen atoms in total. The molecule has 4 rings (SSSR count). The monoisotopic (exact) mass is 431 g/mol. The van der Waals surface area contributed by atoms with E-state index in [2.05, 4.69) is 20.5 Å². The molecule has 0 saturated heterocycles. The number of nitrogens with zero attached hydrogens (tertiary/aromatic N) is 4. The zero-order valence-corrected chi connectivity index (χ0v) is 17.7. The highest BCUT2D eigenvalue weighted by atomic mass is 32.2. The molecule has 28 heavy (non-hydrogen) atoms. The first-order chi connectivity index (χ1) is 13.6. The molecular weight excluding hydrogens is 414 g/mol. The molecule has 0 aliphatic carbocycles. The van der Waals surface area contributed by atoms with Crippen molar-refractivity contribution in [3.63, 3.8) is 0 Å². The molecule has 144 valence electrons. The van der Waals surface area contributed by atoms with Crippen LogP contribution in [0.15, 0.2) is 44.8 Å². The van der Waals surface area contributed by atoms with Crippen LogP contribution in [0.5, 0.6) is 5.75 Å². The van der Waals surface area contributed by atoms with Gasteiger partial charge in [0.25, 0.3) is 5.56 Å².